The van der Waals surface area contributed by atoms with Crippen molar-refractivity contribution in [1.29, 1.82) is 0 Å². The number of urea groups is 1. The summed E-state index contributed by atoms with van der Waals surface area (Å²) in [4.78, 5) is 44.0. The van der Waals surface area contributed by atoms with Crippen LogP contribution in [0.15, 0.2) is 24.3 Å². The Morgan fingerprint density at radius 1 is 1.03 bits per heavy atom. The largest absolute Gasteiger partial charge is 0.463 e. The molecule has 9 heteroatoms. The maximum Gasteiger partial charge on any atom is 0.318 e. The van der Waals surface area contributed by atoms with Crippen molar-refractivity contribution in [3.05, 3.63) is 35.6 Å². The third-order valence-corrected chi connectivity index (χ3v) is 8.28. The zero-order valence-electron chi connectivity index (χ0n) is 24.5. The Balaban J connectivity index is 1.78. The van der Waals surface area contributed by atoms with Crippen LogP contribution in [-0.2, 0) is 20.7 Å². The second-order valence-electron chi connectivity index (χ2n) is 11.7. The molecule has 0 aromatic heterocycles. The predicted molar refractivity (Wildman–Crippen MR) is 150 cm³/mol. The minimum absolute atomic E-state index is 0.150. The number of hydrogen-bond acceptors (Lipinski definition) is 5. The summed E-state index contributed by atoms with van der Waals surface area (Å²) in [5.41, 5.74) is 0.147. The third-order valence-electron chi connectivity index (χ3n) is 8.28. The molecule has 0 unspecified atom stereocenters. The van der Waals surface area contributed by atoms with Crippen molar-refractivity contribution in [1.82, 2.24) is 20.4 Å². The summed E-state index contributed by atoms with van der Waals surface area (Å²) in [6.07, 6.45) is 2.84. The Bertz CT molecular complexity index is 964. The summed E-state index contributed by atoms with van der Waals surface area (Å²) in [7, 11) is 0. The number of piperazine rings is 1. The number of nitrogens with one attached hydrogen (secondary N) is 2. The van der Waals surface area contributed by atoms with E-state index in [4.69, 9.17) is 4.74 Å². The maximum atomic E-state index is 13.9. The van der Waals surface area contributed by atoms with Crippen LogP contribution in [0, 0.1) is 17.2 Å². The first-order valence-electron chi connectivity index (χ1n) is 14.5. The maximum absolute atomic E-state index is 13.9. The van der Waals surface area contributed by atoms with Crippen molar-refractivity contribution < 1.29 is 23.5 Å². The summed E-state index contributed by atoms with van der Waals surface area (Å²) in [6.45, 7) is 13.9. The van der Waals surface area contributed by atoms with Crippen LogP contribution in [0.3, 0.4) is 0 Å². The van der Waals surface area contributed by atoms with E-state index in [1.807, 2.05) is 27.7 Å². The lowest BCUT2D eigenvalue weighted by Crippen LogP contribution is -2.61. The van der Waals surface area contributed by atoms with E-state index in [1.54, 1.807) is 21.9 Å². The van der Waals surface area contributed by atoms with Gasteiger partial charge in [-0.2, -0.15) is 0 Å². The van der Waals surface area contributed by atoms with Gasteiger partial charge in [-0.15, -0.1) is 0 Å². The highest BCUT2D eigenvalue weighted by Crippen LogP contribution is 2.44. The number of rotatable bonds is 9. The molecule has 2 saturated heterocycles. The average Bonchev–Trinajstić information content (AvgIpc) is 2.89. The molecule has 0 radical (unpaired) electrons. The Morgan fingerprint density at radius 2 is 1.59 bits per heavy atom. The van der Waals surface area contributed by atoms with Crippen molar-refractivity contribution in [3.63, 3.8) is 0 Å². The minimum atomic E-state index is -0.799. The molecule has 0 aliphatic carbocycles. The Hall–Kier alpha value is -2.68. The van der Waals surface area contributed by atoms with Gasteiger partial charge in [0, 0.05) is 44.7 Å². The molecule has 2 fully saturated rings. The Morgan fingerprint density at radius 3 is 2.10 bits per heavy atom. The number of ether oxygens (including phenoxy) is 1. The number of nitrogens with zero attached hydrogens (tertiary/aromatic N) is 2. The van der Waals surface area contributed by atoms with Gasteiger partial charge in [0.25, 0.3) is 0 Å². The van der Waals surface area contributed by atoms with Crippen molar-refractivity contribution in [3.8, 4) is 0 Å². The lowest BCUT2D eigenvalue weighted by Gasteiger charge is -2.45. The second kappa shape index (κ2) is 13.6. The molecule has 8 nitrogen and oxygen atoms in total. The number of piperidine rings is 1. The normalized spacial score (nSPS) is 22.1. The minimum Gasteiger partial charge on any atom is -0.463 e. The fourth-order valence-electron chi connectivity index (χ4n) is 6.32. The number of likely N-dealkylation sites (tertiary alicyclic amines) is 1. The van der Waals surface area contributed by atoms with Gasteiger partial charge < -0.3 is 25.2 Å². The van der Waals surface area contributed by atoms with E-state index >= 15 is 0 Å². The highest BCUT2D eigenvalue weighted by atomic mass is 19.1. The first-order valence-corrected chi connectivity index (χ1v) is 14.5. The van der Waals surface area contributed by atoms with Gasteiger partial charge in [-0.25, -0.2) is 9.18 Å². The van der Waals surface area contributed by atoms with Crippen LogP contribution in [0.5, 0.6) is 0 Å². The lowest BCUT2D eigenvalue weighted by atomic mass is 9.66. The quantitative estimate of drug-likeness (QED) is 0.455. The molecule has 1 aromatic rings. The fourth-order valence-corrected chi connectivity index (χ4v) is 6.32. The molecule has 0 bridgehead atoms. The zero-order valence-corrected chi connectivity index (χ0v) is 24.5. The van der Waals surface area contributed by atoms with Crippen LogP contribution in [0.4, 0.5) is 9.18 Å². The molecule has 39 heavy (non-hydrogen) atoms. The highest BCUT2D eigenvalue weighted by molar-refractivity contribution is 5.88. The molecule has 2 aliphatic heterocycles. The summed E-state index contributed by atoms with van der Waals surface area (Å²) in [5, 5.41) is 6.40. The summed E-state index contributed by atoms with van der Waals surface area (Å²) in [6, 6.07) is 5.24. The topological polar surface area (TPSA) is 91.0 Å². The van der Waals surface area contributed by atoms with Crippen LogP contribution in [-0.4, -0.2) is 78.1 Å². The molecule has 3 atom stereocenters. The van der Waals surface area contributed by atoms with E-state index < -0.39 is 11.5 Å². The van der Waals surface area contributed by atoms with Gasteiger partial charge in [0.15, 0.2) is 0 Å². The first-order chi connectivity index (χ1) is 18.5. The number of amides is 3. The number of carbonyl (C=O) groups excluding carboxylic acids is 3. The predicted octanol–water partition coefficient (Wildman–Crippen LogP) is 4.13. The van der Waals surface area contributed by atoms with E-state index in [2.05, 4.69) is 24.5 Å². The van der Waals surface area contributed by atoms with Crippen LogP contribution in [0.2, 0.25) is 0 Å². The van der Waals surface area contributed by atoms with Gasteiger partial charge in [0.05, 0.1) is 11.5 Å². The Kier molecular flexibility index (Phi) is 10.8. The molecule has 0 spiro atoms. The number of esters is 1. The van der Waals surface area contributed by atoms with Crippen molar-refractivity contribution >= 4 is 17.9 Å². The standard InChI is InChI=1S/C30H47FN4O4/c1-7-24(8-2)30(28(37)39-20(3)4)13-15-34(16-14-30)27(36)26(17-23-9-11-25(31)12-10-23)33-29(38)35-18-21(5)32-22(6)19-35/h9-12,20-22,24,26,32H,7-8,13-19H2,1-6H3,(H,33,38)/t21-,22-,26-/m1/s1. The SMILES string of the molecule is CCC(CC)C1(C(=O)OC(C)C)CCN(C(=O)[C@@H](Cc2ccc(F)cc2)NC(=O)N2C[C@@H](C)N[C@H](C)C2)CC1. The number of halogens is 1. The smallest absolute Gasteiger partial charge is 0.318 e. The second-order valence-corrected chi connectivity index (χ2v) is 11.7. The first kappa shape index (κ1) is 30.9. The van der Waals surface area contributed by atoms with Crippen LogP contribution in [0.25, 0.3) is 0 Å². The van der Waals surface area contributed by atoms with Crippen molar-refractivity contribution in [2.75, 3.05) is 26.2 Å². The van der Waals surface area contributed by atoms with Gasteiger partial charge in [-0.3, -0.25) is 9.59 Å². The molecular formula is C30H47FN4O4. The molecule has 1 aromatic carbocycles. The number of hydrogen-bond donors (Lipinski definition) is 2. The van der Waals surface area contributed by atoms with E-state index in [0.29, 0.717) is 39.0 Å². The molecular weight excluding hydrogens is 499 g/mol. The van der Waals surface area contributed by atoms with Crippen LogP contribution < -0.4 is 10.6 Å². The molecule has 3 amide bonds. The fraction of sp³-hybridized carbons (Fsp3) is 0.700. The van der Waals surface area contributed by atoms with Crippen LogP contribution >= 0.6 is 0 Å². The molecule has 0 saturated carbocycles. The van der Waals surface area contributed by atoms with Gasteiger partial charge in [0.1, 0.15) is 11.9 Å². The monoisotopic (exact) mass is 546 g/mol. The Labute approximate surface area is 233 Å². The van der Waals surface area contributed by atoms with Gasteiger partial charge in [-0.05, 0) is 64.2 Å². The van der Waals surface area contributed by atoms with E-state index in [-0.39, 0.29) is 54.3 Å². The average molecular weight is 547 g/mol. The summed E-state index contributed by atoms with van der Waals surface area (Å²) < 4.78 is 19.3. The van der Waals surface area contributed by atoms with E-state index in [9.17, 15) is 18.8 Å². The number of benzene rings is 1. The lowest BCUT2D eigenvalue weighted by molar-refractivity contribution is -0.169. The third kappa shape index (κ3) is 7.71. The van der Waals surface area contributed by atoms with Crippen molar-refractivity contribution in [2.24, 2.45) is 11.3 Å². The zero-order chi connectivity index (χ0) is 28.7. The molecule has 218 valence electrons. The van der Waals surface area contributed by atoms with E-state index in [1.165, 1.54) is 12.1 Å². The molecule has 2 aliphatic rings. The highest BCUT2D eigenvalue weighted by Gasteiger charge is 2.48. The van der Waals surface area contributed by atoms with Crippen molar-refractivity contribution in [2.45, 2.75) is 97.9 Å². The summed E-state index contributed by atoms with van der Waals surface area (Å²) >= 11 is 0. The molecule has 3 rings (SSSR count). The van der Waals surface area contributed by atoms with E-state index in [0.717, 1.165) is 18.4 Å². The van der Waals surface area contributed by atoms with Gasteiger partial charge >= 0.3 is 12.0 Å². The van der Waals surface area contributed by atoms with Gasteiger partial charge in [-0.1, -0.05) is 38.8 Å². The van der Waals surface area contributed by atoms with Crippen LogP contribution in [0.1, 0.15) is 72.8 Å². The summed E-state index contributed by atoms with van der Waals surface area (Å²) in [5.74, 6) is -0.528. The molecule has 2 heterocycles. The molecule has 2 N–H and O–H groups in total. The number of carbonyl (C=O) groups is 3. The van der Waals surface area contributed by atoms with Gasteiger partial charge in [0.2, 0.25) is 5.91 Å².